The Kier molecular flexibility index (Phi) is 7.50. The van der Waals surface area contributed by atoms with Crippen LogP contribution in [0.3, 0.4) is 0 Å². The number of hydrogen-bond donors (Lipinski definition) is 2. The molecule has 0 heterocycles. The molecule has 0 fully saturated rings. The van der Waals surface area contributed by atoms with Gasteiger partial charge >= 0.3 is 5.97 Å². The van der Waals surface area contributed by atoms with Crippen LogP contribution in [0.4, 0.5) is 17.1 Å². The molecule has 2 N–H and O–H groups in total. The summed E-state index contributed by atoms with van der Waals surface area (Å²) in [6.07, 6.45) is 0. The number of nitrogens with zero attached hydrogens (tertiary/aromatic N) is 1. The lowest BCUT2D eigenvalue weighted by molar-refractivity contribution is -0.385. The van der Waals surface area contributed by atoms with Crippen molar-refractivity contribution in [2.45, 2.75) is 25.7 Å². The second-order valence-corrected chi connectivity index (χ2v) is 9.49. The monoisotopic (exact) mass is 497 g/mol. The molecule has 10 nitrogen and oxygen atoms in total. The summed E-state index contributed by atoms with van der Waals surface area (Å²) < 4.78 is 33.3. The Balaban J connectivity index is 1.69. The van der Waals surface area contributed by atoms with E-state index in [1.807, 2.05) is 13.0 Å². The highest BCUT2D eigenvalue weighted by Crippen LogP contribution is 2.23. The van der Waals surface area contributed by atoms with E-state index in [4.69, 9.17) is 4.74 Å². The molecule has 0 radical (unpaired) electrons. The minimum Gasteiger partial charge on any atom is -0.452 e. The molecule has 0 bridgehead atoms. The van der Waals surface area contributed by atoms with E-state index in [0.29, 0.717) is 16.8 Å². The molecule has 0 unspecified atom stereocenters. The lowest BCUT2D eigenvalue weighted by atomic mass is 10.1. The summed E-state index contributed by atoms with van der Waals surface area (Å²) in [5, 5.41) is 13.5. The fraction of sp³-hybridized carbons (Fsp3) is 0.167. The van der Waals surface area contributed by atoms with Gasteiger partial charge in [-0.15, -0.1) is 0 Å². The number of nitrogens with one attached hydrogen (secondary N) is 2. The molecule has 3 rings (SSSR count). The molecule has 3 aromatic rings. The van der Waals surface area contributed by atoms with E-state index >= 15 is 0 Å². The van der Waals surface area contributed by atoms with E-state index in [1.54, 1.807) is 32.0 Å². The predicted molar refractivity (Wildman–Crippen MR) is 130 cm³/mol. The number of nitro benzene ring substituents is 1. The number of hydrogen-bond acceptors (Lipinski definition) is 7. The summed E-state index contributed by atoms with van der Waals surface area (Å²) in [6.45, 7) is 4.32. The van der Waals surface area contributed by atoms with Crippen LogP contribution in [0.15, 0.2) is 65.6 Å². The van der Waals surface area contributed by atoms with Gasteiger partial charge in [-0.2, -0.15) is 0 Å². The van der Waals surface area contributed by atoms with Crippen molar-refractivity contribution in [3.63, 3.8) is 0 Å². The number of benzene rings is 3. The largest absolute Gasteiger partial charge is 0.452 e. The minimum absolute atomic E-state index is 0.0565. The van der Waals surface area contributed by atoms with E-state index < -0.39 is 33.4 Å². The smallest absolute Gasteiger partial charge is 0.338 e. The predicted octanol–water partition coefficient (Wildman–Crippen LogP) is 4.12. The first-order valence-corrected chi connectivity index (χ1v) is 11.9. The molecule has 0 atom stereocenters. The lowest BCUT2D eigenvalue weighted by Gasteiger charge is -2.12. The fourth-order valence-corrected chi connectivity index (χ4v) is 4.55. The molecule has 182 valence electrons. The first-order valence-electron chi connectivity index (χ1n) is 10.4. The first kappa shape index (κ1) is 25.4. The van der Waals surface area contributed by atoms with Crippen molar-refractivity contribution in [2.24, 2.45) is 0 Å². The number of carbonyl (C=O) groups is 2. The number of nitro groups is 1. The molecule has 1 amide bonds. The third kappa shape index (κ3) is 6.42. The Bertz CT molecular complexity index is 1420. The zero-order valence-electron chi connectivity index (χ0n) is 19.2. The Morgan fingerprint density at radius 2 is 1.66 bits per heavy atom. The highest BCUT2D eigenvalue weighted by Gasteiger charge is 2.21. The van der Waals surface area contributed by atoms with Crippen LogP contribution in [0, 0.1) is 30.9 Å². The third-order valence-corrected chi connectivity index (χ3v) is 6.53. The van der Waals surface area contributed by atoms with Gasteiger partial charge in [0.05, 0.1) is 15.4 Å². The van der Waals surface area contributed by atoms with Gasteiger partial charge in [-0.25, -0.2) is 13.2 Å². The molecule has 0 aliphatic rings. The van der Waals surface area contributed by atoms with Crippen molar-refractivity contribution in [1.29, 1.82) is 0 Å². The summed E-state index contributed by atoms with van der Waals surface area (Å²) in [6, 6.07) is 15.0. The quantitative estimate of drug-likeness (QED) is 0.270. The number of amides is 1. The molecular weight excluding hydrogens is 474 g/mol. The molecule has 0 aliphatic heterocycles. The fourth-order valence-electron chi connectivity index (χ4n) is 3.23. The van der Waals surface area contributed by atoms with Gasteiger partial charge in [-0.05, 0) is 62.2 Å². The van der Waals surface area contributed by atoms with Crippen molar-refractivity contribution >= 4 is 39.0 Å². The molecule has 11 heteroatoms. The Hall–Kier alpha value is -4.25. The van der Waals surface area contributed by atoms with Crippen LogP contribution in [-0.4, -0.2) is 31.8 Å². The number of sulfonamides is 1. The van der Waals surface area contributed by atoms with Crippen molar-refractivity contribution in [3.05, 3.63) is 93.0 Å². The average molecular weight is 498 g/mol. The van der Waals surface area contributed by atoms with Gasteiger partial charge in [0, 0.05) is 23.0 Å². The summed E-state index contributed by atoms with van der Waals surface area (Å²) in [5.74, 6) is -1.61. The van der Waals surface area contributed by atoms with Crippen molar-refractivity contribution in [1.82, 2.24) is 0 Å². The topological polar surface area (TPSA) is 145 Å². The van der Waals surface area contributed by atoms with Crippen LogP contribution >= 0.6 is 0 Å². The van der Waals surface area contributed by atoms with Crippen LogP contribution < -0.4 is 10.0 Å². The minimum atomic E-state index is -4.00. The second kappa shape index (κ2) is 10.3. The van der Waals surface area contributed by atoms with E-state index in [-0.39, 0.29) is 21.8 Å². The third-order valence-electron chi connectivity index (χ3n) is 5.01. The van der Waals surface area contributed by atoms with E-state index in [2.05, 4.69) is 10.0 Å². The van der Waals surface area contributed by atoms with Crippen molar-refractivity contribution in [3.8, 4) is 0 Å². The van der Waals surface area contributed by atoms with Gasteiger partial charge < -0.3 is 10.1 Å². The van der Waals surface area contributed by atoms with Gasteiger partial charge in [0.1, 0.15) is 0 Å². The molecule has 0 saturated heterocycles. The highest BCUT2D eigenvalue weighted by molar-refractivity contribution is 7.92. The van der Waals surface area contributed by atoms with Crippen LogP contribution in [0.1, 0.15) is 27.0 Å². The Morgan fingerprint density at radius 1 is 0.943 bits per heavy atom. The maximum absolute atomic E-state index is 12.9. The summed E-state index contributed by atoms with van der Waals surface area (Å²) in [4.78, 5) is 35.0. The number of aryl methyl sites for hydroxylation is 3. The van der Waals surface area contributed by atoms with Crippen molar-refractivity contribution in [2.75, 3.05) is 16.6 Å². The summed E-state index contributed by atoms with van der Waals surface area (Å²) in [7, 11) is -4.00. The second-order valence-electron chi connectivity index (χ2n) is 7.84. The standard InChI is InChI=1S/C24H23N3O7S/c1-15-5-4-6-20(11-15)26-35(32,33)22-12-18(9-7-17(22)3)24(29)34-14-23(28)25-19-10-8-16(2)21(13-19)27(30)31/h4-13,26H,14H2,1-3H3,(H,25,28). The van der Waals surface area contributed by atoms with Gasteiger partial charge in [-0.1, -0.05) is 24.3 Å². The normalized spacial score (nSPS) is 10.9. The highest BCUT2D eigenvalue weighted by atomic mass is 32.2. The average Bonchev–Trinajstić information content (AvgIpc) is 2.78. The molecule has 3 aromatic carbocycles. The Morgan fingerprint density at radius 3 is 2.34 bits per heavy atom. The van der Waals surface area contributed by atoms with Gasteiger partial charge in [0.2, 0.25) is 0 Å². The maximum Gasteiger partial charge on any atom is 0.338 e. The summed E-state index contributed by atoms with van der Waals surface area (Å²) in [5.41, 5.74) is 2.06. The zero-order valence-corrected chi connectivity index (χ0v) is 20.0. The molecule has 35 heavy (non-hydrogen) atoms. The van der Waals surface area contributed by atoms with Crippen molar-refractivity contribution < 1.29 is 27.7 Å². The molecular formula is C24H23N3O7S. The van der Waals surface area contributed by atoms with Gasteiger partial charge in [0.25, 0.3) is 21.6 Å². The number of esters is 1. The van der Waals surface area contributed by atoms with E-state index in [1.165, 1.54) is 36.4 Å². The van der Waals surface area contributed by atoms with Crippen LogP contribution in [0.25, 0.3) is 0 Å². The zero-order chi connectivity index (χ0) is 25.8. The number of rotatable bonds is 8. The number of anilines is 2. The molecule has 0 aromatic heterocycles. The molecule has 0 saturated carbocycles. The van der Waals surface area contributed by atoms with E-state index in [9.17, 15) is 28.1 Å². The molecule has 0 spiro atoms. The maximum atomic E-state index is 12.9. The number of carbonyl (C=O) groups excluding carboxylic acids is 2. The molecule has 0 aliphatic carbocycles. The SMILES string of the molecule is Cc1cccc(NS(=O)(=O)c2cc(C(=O)OCC(=O)Nc3ccc(C)c([N+](=O)[O-])c3)ccc2C)c1. The van der Waals surface area contributed by atoms with Gasteiger partial charge in [0.15, 0.2) is 6.61 Å². The van der Waals surface area contributed by atoms with E-state index in [0.717, 1.165) is 5.56 Å². The first-order chi connectivity index (χ1) is 16.5. The Labute approximate surface area is 202 Å². The van der Waals surface area contributed by atoms with Crippen LogP contribution in [0.2, 0.25) is 0 Å². The summed E-state index contributed by atoms with van der Waals surface area (Å²) >= 11 is 0. The van der Waals surface area contributed by atoms with Crippen LogP contribution in [-0.2, 0) is 19.6 Å². The van der Waals surface area contributed by atoms with Crippen LogP contribution in [0.5, 0.6) is 0 Å². The number of ether oxygens (including phenoxy) is 1. The van der Waals surface area contributed by atoms with Gasteiger partial charge in [-0.3, -0.25) is 19.6 Å². The lowest BCUT2D eigenvalue weighted by Crippen LogP contribution is -2.21.